The average Bonchev–Trinajstić information content (AvgIpc) is 2.42. The molecule has 0 aliphatic heterocycles. The van der Waals surface area contributed by atoms with Gasteiger partial charge in [-0.1, -0.05) is 6.42 Å². The third kappa shape index (κ3) is 1.30. The zero-order valence-corrected chi connectivity index (χ0v) is 8.19. The Balaban J connectivity index is 2.08. The summed E-state index contributed by atoms with van der Waals surface area (Å²) in [6.45, 7) is 4.36. The van der Waals surface area contributed by atoms with Crippen LogP contribution >= 0.6 is 11.6 Å². The molecule has 3 atom stereocenters. The third-order valence-corrected chi connectivity index (χ3v) is 3.90. The van der Waals surface area contributed by atoms with Crippen molar-refractivity contribution in [1.82, 2.24) is 0 Å². The molecule has 3 unspecified atom stereocenters. The van der Waals surface area contributed by atoms with Crippen LogP contribution in [0.4, 0.5) is 0 Å². The van der Waals surface area contributed by atoms with Gasteiger partial charge >= 0.3 is 0 Å². The van der Waals surface area contributed by atoms with Crippen molar-refractivity contribution in [1.29, 1.82) is 0 Å². The van der Waals surface area contributed by atoms with Gasteiger partial charge in [0, 0.05) is 4.87 Å². The second-order valence-electron chi connectivity index (χ2n) is 4.85. The summed E-state index contributed by atoms with van der Waals surface area (Å²) in [7, 11) is 0. The first-order valence-electron chi connectivity index (χ1n) is 4.76. The molecule has 0 radical (unpaired) electrons. The van der Waals surface area contributed by atoms with Crippen LogP contribution in [0, 0.1) is 17.8 Å². The Morgan fingerprint density at radius 3 is 2.18 bits per heavy atom. The summed E-state index contributed by atoms with van der Waals surface area (Å²) in [5.74, 6) is 2.80. The lowest BCUT2D eigenvalue weighted by atomic mass is 9.80. The molecule has 2 aliphatic rings. The quantitative estimate of drug-likeness (QED) is 0.532. The second kappa shape index (κ2) is 2.39. The maximum absolute atomic E-state index is 6.33. The van der Waals surface area contributed by atoms with Gasteiger partial charge in [0.1, 0.15) is 0 Å². The second-order valence-corrected chi connectivity index (χ2v) is 5.82. The van der Waals surface area contributed by atoms with Gasteiger partial charge in [0.25, 0.3) is 0 Å². The van der Waals surface area contributed by atoms with Gasteiger partial charge < -0.3 is 0 Å². The molecule has 0 amide bonds. The largest absolute Gasteiger partial charge is 0.120 e. The molecule has 64 valence electrons. The molecule has 0 heterocycles. The Hall–Kier alpha value is 0.290. The van der Waals surface area contributed by atoms with E-state index in [2.05, 4.69) is 13.8 Å². The van der Waals surface area contributed by atoms with E-state index in [0.29, 0.717) is 0 Å². The predicted molar refractivity (Wildman–Crippen MR) is 48.9 cm³/mol. The van der Waals surface area contributed by atoms with Crippen molar-refractivity contribution >= 4 is 11.6 Å². The molecule has 2 fully saturated rings. The molecule has 2 rings (SSSR count). The van der Waals surface area contributed by atoms with E-state index in [1.807, 2.05) is 0 Å². The van der Waals surface area contributed by atoms with Crippen LogP contribution in [0.5, 0.6) is 0 Å². The fourth-order valence-corrected chi connectivity index (χ4v) is 3.35. The van der Waals surface area contributed by atoms with Gasteiger partial charge in [0.15, 0.2) is 0 Å². The van der Waals surface area contributed by atoms with Crippen LogP contribution in [-0.4, -0.2) is 4.87 Å². The molecule has 0 N–H and O–H groups in total. The number of rotatable bonds is 1. The van der Waals surface area contributed by atoms with Crippen molar-refractivity contribution in [2.45, 2.75) is 44.4 Å². The summed E-state index contributed by atoms with van der Waals surface area (Å²) in [6, 6.07) is 0. The van der Waals surface area contributed by atoms with Gasteiger partial charge in [-0.3, -0.25) is 0 Å². The van der Waals surface area contributed by atoms with E-state index in [0.717, 1.165) is 17.8 Å². The van der Waals surface area contributed by atoms with E-state index >= 15 is 0 Å². The summed E-state index contributed by atoms with van der Waals surface area (Å²) >= 11 is 6.33. The first-order valence-corrected chi connectivity index (χ1v) is 5.14. The minimum absolute atomic E-state index is 0.0554. The molecule has 0 aromatic rings. The van der Waals surface area contributed by atoms with Gasteiger partial charge in [0.2, 0.25) is 0 Å². The zero-order chi connectivity index (χ0) is 8.06. The Labute approximate surface area is 74.3 Å². The van der Waals surface area contributed by atoms with E-state index in [4.69, 9.17) is 11.6 Å². The van der Waals surface area contributed by atoms with Crippen LogP contribution in [0.2, 0.25) is 0 Å². The maximum Gasteiger partial charge on any atom is 0.0421 e. The van der Waals surface area contributed by atoms with E-state index in [9.17, 15) is 0 Å². The van der Waals surface area contributed by atoms with Gasteiger partial charge in [-0.15, -0.1) is 11.6 Å². The zero-order valence-electron chi connectivity index (χ0n) is 7.44. The summed E-state index contributed by atoms with van der Waals surface area (Å²) in [6.07, 6.45) is 5.81. The van der Waals surface area contributed by atoms with Crippen molar-refractivity contribution in [2.75, 3.05) is 0 Å². The Morgan fingerprint density at radius 1 is 1.18 bits per heavy atom. The average molecular weight is 173 g/mol. The smallest absolute Gasteiger partial charge is 0.0421 e. The highest BCUT2D eigenvalue weighted by Crippen LogP contribution is 2.53. The molecule has 2 saturated carbocycles. The Morgan fingerprint density at radius 2 is 1.91 bits per heavy atom. The first-order chi connectivity index (χ1) is 5.07. The highest BCUT2D eigenvalue weighted by molar-refractivity contribution is 6.23. The van der Waals surface area contributed by atoms with Gasteiger partial charge in [-0.2, -0.15) is 0 Å². The summed E-state index contributed by atoms with van der Waals surface area (Å²) in [5, 5.41) is 0. The molecule has 0 aromatic carbocycles. The minimum atomic E-state index is 0.0554. The highest BCUT2D eigenvalue weighted by atomic mass is 35.5. The third-order valence-electron chi connectivity index (χ3n) is 3.62. The van der Waals surface area contributed by atoms with E-state index in [-0.39, 0.29) is 4.87 Å². The van der Waals surface area contributed by atoms with Crippen LogP contribution < -0.4 is 0 Å². The molecular formula is C10H17Cl. The topological polar surface area (TPSA) is 0 Å². The summed E-state index contributed by atoms with van der Waals surface area (Å²) in [4.78, 5) is 0.0554. The highest BCUT2D eigenvalue weighted by Gasteiger charge is 2.45. The number of fused-ring (bicyclic) bond motifs is 2. The van der Waals surface area contributed by atoms with Gasteiger partial charge in [0.05, 0.1) is 0 Å². The van der Waals surface area contributed by atoms with E-state index in [1.165, 1.54) is 25.7 Å². The van der Waals surface area contributed by atoms with E-state index < -0.39 is 0 Å². The Bertz CT molecular complexity index is 157. The lowest BCUT2D eigenvalue weighted by Crippen LogP contribution is -2.29. The number of hydrogen-bond acceptors (Lipinski definition) is 0. The van der Waals surface area contributed by atoms with Crippen LogP contribution in [0.15, 0.2) is 0 Å². The van der Waals surface area contributed by atoms with Crippen LogP contribution in [0.1, 0.15) is 39.5 Å². The molecule has 0 saturated heterocycles. The number of alkyl halides is 1. The van der Waals surface area contributed by atoms with Crippen LogP contribution in [0.3, 0.4) is 0 Å². The fourth-order valence-electron chi connectivity index (χ4n) is 3.09. The lowest BCUT2D eigenvalue weighted by molar-refractivity contribution is 0.275. The normalized spacial score (nSPS) is 43.4. The molecule has 0 nitrogen and oxygen atoms in total. The van der Waals surface area contributed by atoms with Crippen LogP contribution in [0.25, 0.3) is 0 Å². The van der Waals surface area contributed by atoms with Gasteiger partial charge in [-0.05, 0) is 50.9 Å². The van der Waals surface area contributed by atoms with Crippen molar-refractivity contribution < 1.29 is 0 Å². The first kappa shape index (κ1) is 7.91. The molecule has 0 aromatic heterocycles. The van der Waals surface area contributed by atoms with Crippen molar-refractivity contribution in [3.8, 4) is 0 Å². The van der Waals surface area contributed by atoms with Crippen molar-refractivity contribution in [3.05, 3.63) is 0 Å². The van der Waals surface area contributed by atoms with Crippen molar-refractivity contribution in [2.24, 2.45) is 17.8 Å². The minimum Gasteiger partial charge on any atom is -0.120 e. The molecule has 11 heavy (non-hydrogen) atoms. The van der Waals surface area contributed by atoms with Crippen molar-refractivity contribution in [3.63, 3.8) is 0 Å². The SMILES string of the molecule is CC(C)(Cl)C1CC2CCC1C2. The molecule has 2 bridgehead atoms. The van der Waals surface area contributed by atoms with E-state index in [1.54, 1.807) is 0 Å². The fraction of sp³-hybridized carbons (Fsp3) is 1.00. The predicted octanol–water partition coefficient (Wildman–Crippen LogP) is 3.44. The number of halogens is 1. The summed E-state index contributed by atoms with van der Waals surface area (Å²) in [5.41, 5.74) is 0. The standard InChI is InChI=1S/C10H17Cl/c1-10(2,11)9-6-7-3-4-8(9)5-7/h7-9H,3-6H2,1-2H3. The Kier molecular flexibility index (Phi) is 1.72. The number of hydrogen-bond donors (Lipinski definition) is 0. The molecule has 0 spiro atoms. The maximum atomic E-state index is 6.33. The summed E-state index contributed by atoms with van der Waals surface area (Å²) < 4.78 is 0. The van der Waals surface area contributed by atoms with Gasteiger partial charge in [-0.25, -0.2) is 0 Å². The molecular weight excluding hydrogens is 156 g/mol. The lowest BCUT2D eigenvalue weighted by Gasteiger charge is -2.31. The molecule has 2 aliphatic carbocycles. The van der Waals surface area contributed by atoms with Crippen LogP contribution in [-0.2, 0) is 0 Å². The monoisotopic (exact) mass is 172 g/mol. The molecule has 1 heteroatoms.